The monoisotopic (exact) mass is 564 g/mol. The molecule has 38 heavy (non-hydrogen) atoms. The lowest BCUT2D eigenvalue weighted by Crippen LogP contribution is -2.26. The molecule has 0 saturated heterocycles. The van der Waals surface area contributed by atoms with Gasteiger partial charge in [-0.05, 0) is 70.4 Å². The third-order valence-electron chi connectivity index (χ3n) is 6.47. The Hall–Kier alpha value is -2.97. The summed E-state index contributed by atoms with van der Waals surface area (Å²) in [6.45, 7) is 6.61. The predicted octanol–water partition coefficient (Wildman–Crippen LogP) is 8.13. The number of carbonyl (C=O) groups excluding carboxylic acids is 1. The third kappa shape index (κ3) is 5.43. The lowest BCUT2D eigenvalue weighted by atomic mass is 9.88. The van der Waals surface area contributed by atoms with Gasteiger partial charge in [0.1, 0.15) is 17.2 Å². The Kier molecular flexibility index (Phi) is 7.86. The number of hydrogen-bond acceptors (Lipinski definition) is 4. The van der Waals surface area contributed by atoms with Gasteiger partial charge in [0, 0.05) is 11.5 Å². The average Bonchev–Trinajstić information content (AvgIpc) is 3.24. The van der Waals surface area contributed by atoms with Gasteiger partial charge in [0.2, 0.25) is 0 Å². The van der Waals surface area contributed by atoms with Gasteiger partial charge in [0.15, 0.2) is 11.5 Å². The fourth-order valence-electron chi connectivity index (χ4n) is 4.81. The average molecular weight is 565 g/mol. The second-order valence-corrected chi connectivity index (χ2v) is 11.3. The maximum absolute atomic E-state index is 16.2. The van der Waals surface area contributed by atoms with Gasteiger partial charge in [0.05, 0.1) is 27.0 Å². The Balaban J connectivity index is 2.14. The van der Waals surface area contributed by atoms with E-state index in [4.69, 9.17) is 27.9 Å². The molecule has 1 aromatic heterocycles. The van der Waals surface area contributed by atoms with E-state index in [1.807, 2.05) is 0 Å². The van der Waals surface area contributed by atoms with E-state index in [0.717, 1.165) is 25.3 Å². The first-order valence-corrected chi connectivity index (χ1v) is 13.1. The number of nitrogens with zero attached hydrogens (tertiary/aromatic N) is 2. The fourth-order valence-corrected chi connectivity index (χ4v) is 5.13. The highest BCUT2D eigenvalue weighted by Gasteiger charge is 2.34. The summed E-state index contributed by atoms with van der Waals surface area (Å²) in [6.07, 6.45) is 4.17. The van der Waals surface area contributed by atoms with Crippen LogP contribution in [-0.2, 0) is 4.74 Å². The summed E-state index contributed by atoms with van der Waals surface area (Å²) < 4.78 is 37.2. The Morgan fingerprint density at radius 2 is 1.76 bits per heavy atom. The number of hydrogen-bond donors (Lipinski definition) is 1. The van der Waals surface area contributed by atoms with E-state index in [0.29, 0.717) is 18.4 Å². The molecule has 1 heterocycles. The lowest BCUT2D eigenvalue weighted by Gasteiger charge is -2.26. The maximum atomic E-state index is 16.2. The first-order chi connectivity index (χ1) is 17.8. The van der Waals surface area contributed by atoms with E-state index in [-0.39, 0.29) is 50.0 Å². The fraction of sp³-hybridized carbons (Fsp3) is 0.393. The standard InChI is InChI=1S/C28H28Cl2F2N2O4/c1-14-12-17(27(37)38-28(2,3)4)24(21(32)20(14)30)34-23(16-10-11-19(31)18(29)13-16)22(26(35)36)33-25(34)15-8-6-5-7-9-15/h10-13,15H,5-9H2,1-4H3,(H,35,36). The number of imidazole rings is 1. The molecule has 4 rings (SSSR count). The van der Waals surface area contributed by atoms with Gasteiger partial charge in [-0.3, -0.25) is 4.57 Å². The highest BCUT2D eigenvalue weighted by molar-refractivity contribution is 6.32. The number of benzene rings is 2. The zero-order valence-corrected chi connectivity index (χ0v) is 23.0. The minimum Gasteiger partial charge on any atom is -0.476 e. The predicted molar refractivity (Wildman–Crippen MR) is 142 cm³/mol. The number of rotatable bonds is 5. The zero-order valence-electron chi connectivity index (χ0n) is 21.5. The molecule has 1 aliphatic carbocycles. The van der Waals surface area contributed by atoms with Gasteiger partial charge in [-0.2, -0.15) is 0 Å². The Morgan fingerprint density at radius 1 is 1.11 bits per heavy atom. The molecule has 2 aromatic carbocycles. The van der Waals surface area contributed by atoms with Crippen LogP contribution in [-0.4, -0.2) is 32.2 Å². The number of aryl methyl sites for hydroxylation is 1. The van der Waals surface area contributed by atoms with Crippen LogP contribution in [0.15, 0.2) is 24.3 Å². The molecule has 10 heteroatoms. The van der Waals surface area contributed by atoms with Gasteiger partial charge >= 0.3 is 11.9 Å². The van der Waals surface area contributed by atoms with E-state index >= 15 is 4.39 Å². The van der Waals surface area contributed by atoms with Crippen LogP contribution in [0.25, 0.3) is 16.9 Å². The number of aromatic nitrogens is 2. The SMILES string of the molecule is Cc1cc(C(=O)OC(C)(C)C)c(-n2c(C3CCCCC3)nc(C(=O)O)c2-c2ccc(F)c(Cl)c2)c(F)c1Cl. The molecule has 0 aliphatic heterocycles. The van der Waals surface area contributed by atoms with Crippen molar-refractivity contribution in [3.05, 3.63) is 68.6 Å². The van der Waals surface area contributed by atoms with E-state index in [9.17, 15) is 19.1 Å². The Morgan fingerprint density at radius 3 is 2.34 bits per heavy atom. The van der Waals surface area contributed by atoms with Gasteiger partial charge < -0.3 is 9.84 Å². The van der Waals surface area contributed by atoms with Gasteiger partial charge in [-0.15, -0.1) is 0 Å². The maximum Gasteiger partial charge on any atom is 0.356 e. The lowest BCUT2D eigenvalue weighted by molar-refractivity contribution is 0.00688. The van der Waals surface area contributed by atoms with E-state index in [1.54, 1.807) is 27.7 Å². The van der Waals surface area contributed by atoms with E-state index < -0.39 is 29.2 Å². The topological polar surface area (TPSA) is 81.4 Å². The molecule has 202 valence electrons. The number of aromatic carboxylic acids is 1. The van der Waals surface area contributed by atoms with Crippen molar-refractivity contribution < 1.29 is 28.2 Å². The second-order valence-electron chi connectivity index (χ2n) is 10.5. The number of carboxylic acids is 1. The molecule has 0 bridgehead atoms. The quantitative estimate of drug-likeness (QED) is 0.316. The summed E-state index contributed by atoms with van der Waals surface area (Å²) in [5, 5.41) is 9.66. The van der Waals surface area contributed by atoms with Crippen LogP contribution in [0.3, 0.4) is 0 Å². The number of esters is 1. The van der Waals surface area contributed by atoms with Crippen molar-refractivity contribution >= 4 is 35.1 Å². The summed E-state index contributed by atoms with van der Waals surface area (Å²) in [5.74, 6) is -3.74. The van der Waals surface area contributed by atoms with Crippen LogP contribution in [0.5, 0.6) is 0 Å². The molecule has 0 spiro atoms. The molecular formula is C28H28Cl2F2N2O4. The normalized spacial score (nSPS) is 14.5. The summed E-state index contributed by atoms with van der Waals surface area (Å²) >= 11 is 12.4. The molecule has 0 unspecified atom stereocenters. The van der Waals surface area contributed by atoms with Crippen LogP contribution in [0.1, 0.15) is 91.0 Å². The molecule has 1 fully saturated rings. The van der Waals surface area contributed by atoms with Crippen LogP contribution >= 0.6 is 23.2 Å². The Bertz CT molecular complexity index is 1420. The van der Waals surface area contributed by atoms with Crippen molar-refractivity contribution in [3.63, 3.8) is 0 Å². The smallest absolute Gasteiger partial charge is 0.356 e. The van der Waals surface area contributed by atoms with Crippen LogP contribution in [0.2, 0.25) is 10.0 Å². The molecule has 0 amide bonds. The van der Waals surface area contributed by atoms with Crippen molar-refractivity contribution in [2.24, 2.45) is 0 Å². The second kappa shape index (κ2) is 10.7. The summed E-state index contributed by atoms with van der Waals surface area (Å²) in [5.41, 5.74) is -1.22. The van der Waals surface area contributed by atoms with Crippen molar-refractivity contribution in [3.8, 4) is 16.9 Å². The molecule has 3 aromatic rings. The molecule has 6 nitrogen and oxygen atoms in total. The van der Waals surface area contributed by atoms with Gasteiger partial charge in [-0.1, -0.05) is 42.5 Å². The summed E-state index contributed by atoms with van der Waals surface area (Å²) in [6, 6.07) is 5.10. The summed E-state index contributed by atoms with van der Waals surface area (Å²) in [4.78, 5) is 30.3. The minimum atomic E-state index is -1.37. The Labute approximate surface area is 229 Å². The minimum absolute atomic E-state index is 0.0383. The van der Waals surface area contributed by atoms with Crippen LogP contribution < -0.4 is 0 Å². The van der Waals surface area contributed by atoms with Crippen molar-refractivity contribution in [1.29, 1.82) is 0 Å². The van der Waals surface area contributed by atoms with Gasteiger partial charge in [-0.25, -0.2) is 23.4 Å². The molecule has 1 N–H and O–H groups in total. The number of carbonyl (C=O) groups is 2. The summed E-state index contributed by atoms with van der Waals surface area (Å²) in [7, 11) is 0. The largest absolute Gasteiger partial charge is 0.476 e. The molecule has 1 saturated carbocycles. The van der Waals surface area contributed by atoms with Crippen LogP contribution in [0.4, 0.5) is 8.78 Å². The van der Waals surface area contributed by atoms with Crippen molar-refractivity contribution in [1.82, 2.24) is 9.55 Å². The molecular weight excluding hydrogens is 537 g/mol. The number of ether oxygens (including phenoxy) is 1. The molecule has 1 aliphatic rings. The van der Waals surface area contributed by atoms with Crippen molar-refractivity contribution in [2.75, 3.05) is 0 Å². The molecule has 0 atom stereocenters. The highest BCUT2D eigenvalue weighted by Crippen LogP contribution is 2.41. The van der Waals surface area contributed by atoms with E-state index in [1.165, 1.54) is 22.8 Å². The first kappa shape index (κ1) is 28.0. The zero-order chi connectivity index (χ0) is 27.9. The molecule has 0 radical (unpaired) electrons. The number of carboxylic acid groups (broad SMARTS) is 1. The number of halogens is 4. The van der Waals surface area contributed by atoms with Crippen LogP contribution in [0, 0.1) is 18.6 Å². The van der Waals surface area contributed by atoms with Crippen molar-refractivity contribution in [2.45, 2.75) is 71.3 Å². The first-order valence-electron chi connectivity index (χ1n) is 12.3. The van der Waals surface area contributed by atoms with E-state index in [2.05, 4.69) is 4.98 Å². The van der Waals surface area contributed by atoms with Gasteiger partial charge in [0.25, 0.3) is 0 Å². The highest BCUT2D eigenvalue weighted by atomic mass is 35.5. The third-order valence-corrected chi connectivity index (χ3v) is 7.23.